The van der Waals surface area contributed by atoms with Crippen LogP contribution in [0.25, 0.3) is 0 Å². The highest BCUT2D eigenvalue weighted by molar-refractivity contribution is 6.07. The van der Waals surface area contributed by atoms with Crippen molar-refractivity contribution in [2.75, 3.05) is 6.54 Å². The zero-order valence-electron chi connectivity index (χ0n) is 8.89. The van der Waals surface area contributed by atoms with Gasteiger partial charge < -0.3 is 11.1 Å². The number of hydrogen-bond acceptors (Lipinski definition) is 4. The Labute approximate surface area is 106 Å². The van der Waals surface area contributed by atoms with Gasteiger partial charge in [0, 0.05) is 12.7 Å². The van der Waals surface area contributed by atoms with Gasteiger partial charge in [0.05, 0.1) is 5.69 Å². The van der Waals surface area contributed by atoms with Gasteiger partial charge >= 0.3 is 12.6 Å². The van der Waals surface area contributed by atoms with Crippen LogP contribution >= 0.6 is 12.4 Å². The summed E-state index contributed by atoms with van der Waals surface area (Å²) < 4.78 is 25.7. The Balaban J connectivity index is 0.00000162. The molecule has 100 valence electrons. The SMILES string of the molecule is Cl.NC[C@]1(c2ccnn2C(F)F)NC(=O)NC1=O. The topological polar surface area (TPSA) is 102 Å². The Hall–Kier alpha value is -1.74. The van der Waals surface area contributed by atoms with Gasteiger partial charge in [-0.15, -0.1) is 12.4 Å². The highest BCUT2D eigenvalue weighted by Gasteiger charge is 2.49. The predicted octanol–water partition coefficient (Wildman–Crippen LogP) is -0.307. The van der Waals surface area contributed by atoms with E-state index >= 15 is 0 Å². The Morgan fingerprint density at radius 2 is 2.17 bits per heavy atom. The highest BCUT2D eigenvalue weighted by Crippen LogP contribution is 2.26. The molecule has 2 rings (SSSR count). The fourth-order valence-electron chi connectivity index (χ4n) is 1.73. The molecule has 1 aromatic rings. The molecule has 0 radical (unpaired) electrons. The number of imide groups is 1. The Kier molecular flexibility index (Phi) is 3.87. The van der Waals surface area contributed by atoms with E-state index in [2.05, 4.69) is 10.4 Å². The van der Waals surface area contributed by atoms with Crippen molar-refractivity contribution in [2.24, 2.45) is 5.73 Å². The summed E-state index contributed by atoms with van der Waals surface area (Å²) in [6.45, 7) is -3.27. The van der Waals surface area contributed by atoms with Crippen LogP contribution in [0.15, 0.2) is 12.3 Å². The van der Waals surface area contributed by atoms with E-state index in [0.717, 1.165) is 6.20 Å². The van der Waals surface area contributed by atoms with Crippen LogP contribution in [0.4, 0.5) is 13.6 Å². The quantitative estimate of drug-likeness (QED) is 0.662. The number of nitrogens with zero attached hydrogens (tertiary/aromatic N) is 2. The van der Waals surface area contributed by atoms with Crippen molar-refractivity contribution >= 4 is 24.3 Å². The molecule has 0 spiro atoms. The molecule has 0 bridgehead atoms. The maximum Gasteiger partial charge on any atom is 0.333 e. The van der Waals surface area contributed by atoms with Crippen molar-refractivity contribution in [3.63, 3.8) is 0 Å². The van der Waals surface area contributed by atoms with E-state index in [1.54, 1.807) is 0 Å². The zero-order chi connectivity index (χ0) is 12.6. The van der Waals surface area contributed by atoms with Crippen LogP contribution in [0, 0.1) is 0 Å². The molecule has 0 aromatic carbocycles. The average Bonchev–Trinajstić information content (AvgIpc) is 2.83. The molecule has 1 fully saturated rings. The number of aromatic nitrogens is 2. The molecule has 1 saturated heterocycles. The predicted molar refractivity (Wildman–Crippen MR) is 58.1 cm³/mol. The number of hydrogen-bond donors (Lipinski definition) is 3. The molecule has 18 heavy (non-hydrogen) atoms. The summed E-state index contributed by atoms with van der Waals surface area (Å²) in [6, 6.07) is 0.437. The van der Waals surface area contributed by atoms with Gasteiger partial charge in [0.1, 0.15) is 0 Å². The molecule has 1 aliphatic rings. The molecule has 0 unspecified atom stereocenters. The lowest BCUT2D eigenvalue weighted by molar-refractivity contribution is -0.124. The zero-order valence-corrected chi connectivity index (χ0v) is 9.71. The largest absolute Gasteiger partial charge is 0.333 e. The Morgan fingerprint density at radius 1 is 1.50 bits per heavy atom. The minimum atomic E-state index is -2.92. The summed E-state index contributed by atoms with van der Waals surface area (Å²) in [5.74, 6) is -0.771. The molecular formula is C8H10ClF2N5O2. The first kappa shape index (κ1) is 14.3. The van der Waals surface area contributed by atoms with Crippen molar-refractivity contribution in [3.05, 3.63) is 18.0 Å². The van der Waals surface area contributed by atoms with Crippen molar-refractivity contribution in [3.8, 4) is 0 Å². The summed E-state index contributed by atoms with van der Waals surface area (Å²) in [4.78, 5) is 22.7. The first-order valence-electron chi connectivity index (χ1n) is 4.67. The van der Waals surface area contributed by atoms with Crippen LogP contribution in [-0.4, -0.2) is 28.3 Å². The van der Waals surface area contributed by atoms with Crippen molar-refractivity contribution < 1.29 is 18.4 Å². The average molecular weight is 282 g/mol. The summed E-state index contributed by atoms with van der Waals surface area (Å²) in [7, 11) is 0. The van der Waals surface area contributed by atoms with Gasteiger partial charge in [0.15, 0.2) is 5.54 Å². The number of carbonyl (C=O) groups excluding carboxylic acids is 2. The third-order valence-electron chi connectivity index (χ3n) is 2.54. The van der Waals surface area contributed by atoms with E-state index in [1.807, 2.05) is 5.32 Å². The molecule has 1 aromatic heterocycles. The summed E-state index contributed by atoms with van der Waals surface area (Å²) in [6.07, 6.45) is 1.11. The molecule has 3 amide bonds. The van der Waals surface area contributed by atoms with E-state index in [4.69, 9.17) is 5.73 Å². The molecule has 0 aliphatic carbocycles. The number of amides is 3. The van der Waals surface area contributed by atoms with Crippen LogP contribution in [0.2, 0.25) is 0 Å². The number of nitrogens with one attached hydrogen (secondary N) is 2. The van der Waals surface area contributed by atoms with Crippen LogP contribution < -0.4 is 16.4 Å². The van der Waals surface area contributed by atoms with E-state index < -0.39 is 24.0 Å². The van der Waals surface area contributed by atoms with Crippen molar-refractivity contribution in [1.29, 1.82) is 0 Å². The smallest absolute Gasteiger partial charge is 0.327 e. The minimum absolute atomic E-state index is 0. The second kappa shape index (κ2) is 4.86. The van der Waals surface area contributed by atoms with Gasteiger partial charge in [-0.3, -0.25) is 10.1 Å². The fourth-order valence-corrected chi connectivity index (χ4v) is 1.73. The number of carbonyl (C=O) groups is 2. The monoisotopic (exact) mass is 281 g/mol. The minimum Gasteiger partial charge on any atom is -0.327 e. The first-order chi connectivity index (χ1) is 8.01. The van der Waals surface area contributed by atoms with Crippen molar-refractivity contribution in [1.82, 2.24) is 20.4 Å². The molecule has 0 saturated carbocycles. The third-order valence-corrected chi connectivity index (χ3v) is 2.54. The standard InChI is InChI=1S/C8H9F2N5O2.ClH/c9-6(10)15-4(1-2-12-15)8(3-11)5(16)13-7(17)14-8;/h1-2,6H,3,11H2,(H2,13,14,16,17);1H/t8-;/m1./s1. The van der Waals surface area contributed by atoms with Crippen LogP contribution in [0.5, 0.6) is 0 Å². The second-order valence-electron chi connectivity index (χ2n) is 3.46. The van der Waals surface area contributed by atoms with Gasteiger partial charge in [-0.2, -0.15) is 13.9 Å². The number of nitrogens with two attached hydrogens (primary N) is 1. The van der Waals surface area contributed by atoms with Gasteiger partial charge in [0.25, 0.3) is 5.91 Å². The van der Waals surface area contributed by atoms with Crippen LogP contribution in [0.1, 0.15) is 12.2 Å². The van der Waals surface area contributed by atoms with Gasteiger partial charge in [-0.25, -0.2) is 9.48 Å². The summed E-state index contributed by atoms with van der Waals surface area (Å²) in [5, 5.41) is 7.60. The number of rotatable bonds is 3. The number of urea groups is 1. The third kappa shape index (κ3) is 1.91. The van der Waals surface area contributed by atoms with E-state index in [0.29, 0.717) is 4.68 Å². The lowest BCUT2D eigenvalue weighted by Crippen LogP contribution is -2.51. The number of halogens is 3. The molecule has 4 N–H and O–H groups in total. The maximum atomic E-state index is 12.7. The van der Waals surface area contributed by atoms with Gasteiger partial charge in [0.2, 0.25) is 0 Å². The van der Waals surface area contributed by atoms with Crippen molar-refractivity contribution in [2.45, 2.75) is 12.1 Å². The van der Waals surface area contributed by atoms with E-state index in [9.17, 15) is 18.4 Å². The van der Waals surface area contributed by atoms with E-state index in [-0.39, 0.29) is 24.6 Å². The number of alkyl halides is 2. The summed E-state index contributed by atoms with van der Waals surface area (Å²) >= 11 is 0. The summed E-state index contributed by atoms with van der Waals surface area (Å²) in [5.41, 5.74) is 3.58. The Morgan fingerprint density at radius 3 is 2.61 bits per heavy atom. The molecular weight excluding hydrogens is 272 g/mol. The van der Waals surface area contributed by atoms with Crippen LogP contribution in [0.3, 0.4) is 0 Å². The highest BCUT2D eigenvalue weighted by atomic mass is 35.5. The maximum absolute atomic E-state index is 12.7. The lowest BCUT2D eigenvalue weighted by atomic mass is 9.95. The molecule has 10 heteroatoms. The lowest BCUT2D eigenvalue weighted by Gasteiger charge is -2.24. The van der Waals surface area contributed by atoms with Gasteiger partial charge in [-0.05, 0) is 6.07 Å². The normalized spacial score (nSPS) is 22.7. The molecule has 1 atom stereocenters. The van der Waals surface area contributed by atoms with E-state index in [1.165, 1.54) is 6.07 Å². The molecule has 1 aliphatic heterocycles. The van der Waals surface area contributed by atoms with Gasteiger partial charge in [-0.1, -0.05) is 0 Å². The first-order valence-corrected chi connectivity index (χ1v) is 4.67. The Bertz CT molecular complexity index is 480. The second-order valence-corrected chi connectivity index (χ2v) is 3.46. The van der Waals surface area contributed by atoms with Crippen LogP contribution in [-0.2, 0) is 10.3 Å². The molecule has 7 nitrogen and oxygen atoms in total. The molecule has 2 heterocycles. The fraction of sp³-hybridized carbons (Fsp3) is 0.375.